The third-order valence-corrected chi connectivity index (χ3v) is 4.15. The van der Waals surface area contributed by atoms with Crippen LogP contribution in [0.2, 0.25) is 0 Å². The minimum absolute atomic E-state index is 0.361. The maximum Gasteiger partial charge on any atom is 0.213 e. The van der Waals surface area contributed by atoms with Crippen LogP contribution in [0.4, 0.5) is 0 Å². The lowest BCUT2D eigenvalue weighted by Gasteiger charge is -2.30. The van der Waals surface area contributed by atoms with Gasteiger partial charge < -0.3 is 10.1 Å². The fourth-order valence-electron chi connectivity index (χ4n) is 2.97. The lowest BCUT2D eigenvalue weighted by Crippen LogP contribution is -2.30. The van der Waals surface area contributed by atoms with E-state index in [0.717, 1.165) is 31.1 Å². The van der Waals surface area contributed by atoms with E-state index in [9.17, 15) is 0 Å². The van der Waals surface area contributed by atoms with Crippen LogP contribution in [0, 0.1) is 5.92 Å². The lowest BCUT2D eigenvalue weighted by atomic mass is 9.85. The van der Waals surface area contributed by atoms with Crippen molar-refractivity contribution < 1.29 is 4.74 Å². The molecule has 0 aliphatic heterocycles. The van der Waals surface area contributed by atoms with Gasteiger partial charge in [0, 0.05) is 12.6 Å². The highest BCUT2D eigenvalue weighted by Gasteiger charge is 2.25. The van der Waals surface area contributed by atoms with E-state index in [0.29, 0.717) is 12.0 Å². The molecule has 2 rings (SSSR count). The average molecular weight is 276 g/mol. The topological polar surface area (TPSA) is 34.1 Å². The van der Waals surface area contributed by atoms with Crippen molar-refractivity contribution in [3.05, 3.63) is 23.9 Å². The quantitative estimate of drug-likeness (QED) is 0.766. The van der Waals surface area contributed by atoms with Gasteiger partial charge in [0.25, 0.3) is 0 Å². The Bertz CT molecular complexity index is 394. The Morgan fingerprint density at radius 3 is 2.90 bits per heavy atom. The van der Waals surface area contributed by atoms with Gasteiger partial charge in [0.1, 0.15) is 6.10 Å². The maximum atomic E-state index is 6.17. The van der Waals surface area contributed by atoms with E-state index in [1.54, 1.807) is 0 Å². The highest BCUT2D eigenvalue weighted by Crippen LogP contribution is 2.29. The summed E-state index contributed by atoms with van der Waals surface area (Å²) in [5, 5.41) is 3.38. The number of pyridine rings is 1. The second-order valence-corrected chi connectivity index (χ2v) is 5.75. The van der Waals surface area contributed by atoms with Crippen LogP contribution in [0.25, 0.3) is 0 Å². The number of hydrogen-bond donors (Lipinski definition) is 1. The van der Waals surface area contributed by atoms with Crippen LogP contribution in [-0.2, 0) is 6.54 Å². The largest absolute Gasteiger partial charge is 0.474 e. The molecule has 0 amide bonds. The molecule has 1 aromatic heterocycles. The molecule has 20 heavy (non-hydrogen) atoms. The normalized spacial score (nSPS) is 22.7. The predicted octanol–water partition coefficient (Wildman–Crippen LogP) is 3.93. The third kappa shape index (κ3) is 4.48. The van der Waals surface area contributed by atoms with Crippen molar-refractivity contribution in [1.82, 2.24) is 10.3 Å². The van der Waals surface area contributed by atoms with Crippen molar-refractivity contribution in [2.24, 2.45) is 5.92 Å². The van der Waals surface area contributed by atoms with E-state index in [-0.39, 0.29) is 0 Å². The molecular formula is C17H28N2O. The highest BCUT2D eigenvalue weighted by atomic mass is 16.5. The van der Waals surface area contributed by atoms with E-state index >= 15 is 0 Å². The van der Waals surface area contributed by atoms with Gasteiger partial charge in [-0.25, -0.2) is 4.98 Å². The Morgan fingerprint density at radius 2 is 2.10 bits per heavy atom. The van der Waals surface area contributed by atoms with E-state index in [2.05, 4.69) is 36.3 Å². The van der Waals surface area contributed by atoms with Crippen molar-refractivity contribution in [2.75, 3.05) is 6.54 Å². The number of nitrogens with one attached hydrogen (secondary N) is 1. The Balaban J connectivity index is 1.92. The van der Waals surface area contributed by atoms with Crippen LogP contribution in [0.15, 0.2) is 18.2 Å². The van der Waals surface area contributed by atoms with E-state index in [1.165, 1.54) is 32.1 Å². The molecule has 2 unspecified atom stereocenters. The molecular weight excluding hydrogens is 248 g/mol. The molecule has 1 fully saturated rings. The number of nitrogens with zero attached hydrogens (tertiary/aromatic N) is 1. The number of aromatic nitrogens is 1. The smallest absolute Gasteiger partial charge is 0.213 e. The minimum atomic E-state index is 0.361. The first kappa shape index (κ1) is 15.3. The van der Waals surface area contributed by atoms with Crippen molar-refractivity contribution in [3.63, 3.8) is 0 Å². The molecule has 0 saturated heterocycles. The number of hydrogen-bond acceptors (Lipinski definition) is 3. The molecule has 1 aromatic rings. The molecule has 1 aliphatic rings. The summed E-state index contributed by atoms with van der Waals surface area (Å²) in [5.41, 5.74) is 1.07. The van der Waals surface area contributed by atoms with Crippen molar-refractivity contribution >= 4 is 0 Å². The average Bonchev–Trinajstić information content (AvgIpc) is 2.48. The summed E-state index contributed by atoms with van der Waals surface area (Å²) in [6.07, 6.45) is 7.85. The molecule has 1 aliphatic carbocycles. The monoisotopic (exact) mass is 276 g/mol. The molecule has 0 radical (unpaired) electrons. The van der Waals surface area contributed by atoms with Crippen molar-refractivity contribution in [1.29, 1.82) is 0 Å². The molecule has 3 nitrogen and oxygen atoms in total. The standard InChI is InChI=1S/C17H28N2O/c1-3-12-18-13-15-9-7-11-17(19-15)20-16-10-6-5-8-14(16)4-2/h7,9,11,14,16,18H,3-6,8,10,12-13H2,1-2H3. The molecule has 1 N–H and O–H groups in total. The van der Waals surface area contributed by atoms with Crippen LogP contribution in [-0.4, -0.2) is 17.6 Å². The molecule has 112 valence electrons. The SMILES string of the molecule is CCCNCc1cccc(OC2CCCCC2CC)n1. The number of ether oxygens (including phenoxy) is 1. The summed E-state index contributed by atoms with van der Waals surface area (Å²) in [6, 6.07) is 6.10. The Hall–Kier alpha value is -1.09. The van der Waals surface area contributed by atoms with Crippen molar-refractivity contribution in [2.45, 2.75) is 65.0 Å². The molecule has 0 bridgehead atoms. The second-order valence-electron chi connectivity index (χ2n) is 5.75. The minimum Gasteiger partial charge on any atom is -0.474 e. The Kier molecular flexibility index (Phi) is 6.31. The highest BCUT2D eigenvalue weighted by molar-refractivity contribution is 5.16. The Labute approximate surface area is 123 Å². The zero-order valence-electron chi connectivity index (χ0n) is 12.9. The van der Waals surface area contributed by atoms with Gasteiger partial charge in [-0.2, -0.15) is 0 Å². The molecule has 3 heteroatoms. The van der Waals surface area contributed by atoms with Gasteiger partial charge >= 0.3 is 0 Å². The molecule has 1 heterocycles. The van der Waals surface area contributed by atoms with Gasteiger partial charge in [-0.1, -0.05) is 26.3 Å². The molecule has 0 aromatic carbocycles. The zero-order valence-corrected chi connectivity index (χ0v) is 12.9. The number of rotatable bonds is 7. The van der Waals surface area contributed by atoms with Gasteiger partial charge in [0.15, 0.2) is 0 Å². The van der Waals surface area contributed by atoms with Gasteiger partial charge in [-0.05, 0) is 50.6 Å². The first-order chi connectivity index (χ1) is 9.83. The summed E-state index contributed by atoms with van der Waals surface area (Å²) < 4.78 is 6.17. The van der Waals surface area contributed by atoms with Crippen molar-refractivity contribution in [3.8, 4) is 5.88 Å². The van der Waals surface area contributed by atoms with Gasteiger partial charge in [-0.3, -0.25) is 0 Å². The van der Waals surface area contributed by atoms with Gasteiger partial charge in [0.2, 0.25) is 5.88 Å². The Morgan fingerprint density at radius 1 is 1.25 bits per heavy atom. The fourth-order valence-corrected chi connectivity index (χ4v) is 2.97. The maximum absolute atomic E-state index is 6.17. The van der Waals surface area contributed by atoms with Crippen LogP contribution < -0.4 is 10.1 Å². The predicted molar refractivity (Wildman–Crippen MR) is 82.9 cm³/mol. The third-order valence-electron chi connectivity index (χ3n) is 4.15. The summed E-state index contributed by atoms with van der Waals surface area (Å²) in [5.74, 6) is 1.50. The summed E-state index contributed by atoms with van der Waals surface area (Å²) in [7, 11) is 0. The van der Waals surface area contributed by atoms with E-state index in [4.69, 9.17) is 4.74 Å². The lowest BCUT2D eigenvalue weighted by molar-refractivity contribution is 0.0856. The molecule has 2 atom stereocenters. The molecule has 0 spiro atoms. The second kappa shape index (κ2) is 8.25. The molecule has 1 saturated carbocycles. The van der Waals surface area contributed by atoms with Crippen LogP contribution in [0.3, 0.4) is 0 Å². The fraction of sp³-hybridized carbons (Fsp3) is 0.706. The van der Waals surface area contributed by atoms with Crippen LogP contribution >= 0.6 is 0 Å². The van der Waals surface area contributed by atoms with Crippen LogP contribution in [0.1, 0.15) is 58.1 Å². The summed E-state index contributed by atoms with van der Waals surface area (Å²) in [4.78, 5) is 4.62. The summed E-state index contributed by atoms with van der Waals surface area (Å²) in [6.45, 7) is 6.30. The van der Waals surface area contributed by atoms with Gasteiger partial charge in [-0.15, -0.1) is 0 Å². The first-order valence-corrected chi connectivity index (χ1v) is 8.16. The zero-order chi connectivity index (χ0) is 14.2. The van der Waals surface area contributed by atoms with Gasteiger partial charge in [0.05, 0.1) is 5.69 Å². The van der Waals surface area contributed by atoms with E-state index in [1.807, 2.05) is 6.07 Å². The summed E-state index contributed by atoms with van der Waals surface area (Å²) >= 11 is 0. The van der Waals surface area contributed by atoms with E-state index < -0.39 is 0 Å². The first-order valence-electron chi connectivity index (χ1n) is 8.16. The van der Waals surface area contributed by atoms with Crippen LogP contribution in [0.5, 0.6) is 5.88 Å².